The van der Waals surface area contributed by atoms with E-state index in [4.69, 9.17) is 21.9 Å². The van der Waals surface area contributed by atoms with Crippen LogP contribution in [0.15, 0.2) is 22.7 Å². The van der Waals surface area contributed by atoms with Gasteiger partial charge in [-0.15, -0.1) is 0 Å². The molecular weight excluding hydrogens is 233 g/mol. The SMILES string of the molecule is CC(N)c1noc(-c2ccc(Cl)c(F)c2)n1. The Kier molecular flexibility index (Phi) is 2.89. The molecule has 2 rings (SSSR count). The van der Waals surface area contributed by atoms with Crippen LogP contribution in [-0.2, 0) is 0 Å². The van der Waals surface area contributed by atoms with Crippen molar-refractivity contribution >= 4 is 11.6 Å². The van der Waals surface area contributed by atoms with Gasteiger partial charge in [0.25, 0.3) is 5.89 Å². The summed E-state index contributed by atoms with van der Waals surface area (Å²) in [6.45, 7) is 1.73. The topological polar surface area (TPSA) is 64.9 Å². The van der Waals surface area contributed by atoms with Gasteiger partial charge in [0.05, 0.1) is 11.1 Å². The Morgan fingerprint density at radius 3 is 2.81 bits per heavy atom. The zero-order valence-corrected chi connectivity index (χ0v) is 9.20. The molecular formula is C10H9ClFN3O. The minimum Gasteiger partial charge on any atom is -0.334 e. The molecule has 1 heterocycles. The van der Waals surface area contributed by atoms with Crippen LogP contribution in [0.3, 0.4) is 0 Å². The average molecular weight is 242 g/mol. The Labute approximate surface area is 96.2 Å². The van der Waals surface area contributed by atoms with Crippen molar-refractivity contribution in [1.29, 1.82) is 0 Å². The molecule has 0 fully saturated rings. The summed E-state index contributed by atoms with van der Waals surface area (Å²) >= 11 is 5.56. The van der Waals surface area contributed by atoms with Crippen molar-refractivity contribution in [2.24, 2.45) is 5.73 Å². The lowest BCUT2D eigenvalue weighted by Gasteiger charge is -1.96. The van der Waals surface area contributed by atoms with Crippen molar-refractivity contribution in [3.8, 4) is 11.5 Å². The van der Waals surface area contributed by atoms with Gasteiger partial charge < -0.3 is 10.3 Å². The number of hydrogen-bond donors (Lipinski definition) is 1. The van der Waals surface area contributed by atoms with Crippen LogP contribution in [0.4, 0.5) is 4.39 Å². The molecule has 0 aliphatic carbocycles. The molecule has 1 aromatic carbocycles. The minimum atomic E-state index is -0.528. The monoisotopic (exact) mass is 241 g/mol. The molecule has 0 amide bonds. The predicted molar refractivity (Wildman–Crippen MR) is 57.3 cm³/mol. The number of benzene rings is 1. The number of rotatable bonds is 2. The summed E-state index contributed by atoms with van der Waals surface area (Å²) in [7, 11) is 0. The third-order valence-corrected chi connectivity index (χ3v) is 2.32. The molecule has 1 atom stereocenters. The van der Waals surface area contributed by atoms with Crippen molar-refractivity contribution in [3.63, 3.8) is 0 Å². The van der Waals surface area contributed by atoms with Crippen LogP contribution in [0.5, 0.6) is 0 Å². The maximum Gasteiger partial charge on any atom is 0.258 e. The summed E-state index contributed by atoms with van der Waals surface area (Å²) in [6, 6.07) is 3.95. The molecule has 6 heteroatoms. The van der Waals surface area contributed by atoms with Crippen LogP contribution in [0.1, 0.15) is 18.8 Å². The maximum absolute atomic E-state index is 13.2. The van der Waals surface area contributed by atoms with Crippen LogP contribution >= 0.6 is 11.6 Å². The van der Waals surface area contributed by atoms with Crippen LogP contribution < -0.4 is 5.73 Å². The molecule has 0 bridgehead atoms. The molecule has 4 nitrogen and oxygen atoms in total. The molecule has 1 unspecified atom stereocenters. The summed E-state index contributed by atoms with van der Waals surface area (Å²) in [5.41, 5.74) is 6.05. The molecule has 0 radical (unpaired) electrons. The van der Waals surface area contributed by atoms with Crippen molar-refractivity contribution in [3.05, 3.63) is 34.9 Å². The summed E-state index contributed by atoms with van der Waals surface area (Å²) in [5.74, 6) is 0.0768. The highest BCUT2D eigenvalue weighted by atomic mass is 35.5. The van der Waals surface area contributed by atoms with E-state index in [1.807, 2.05) is 0 Å². The first kappa shape index (κ1) is 11.0. The molecule has 1 aromatic heterocycles. The summed E-state index contributed by atoms with van der Waals surface area (Å²) in [5, 5.41) is 3.73. The smallest absolute Gasteiger partial charge is 0.258 e. The third kappa shape index (κ3) is 2.05. The highest BCUT2D eigenvalue weighted by molar-refractivity contribution is 6.30. The summed E-state index contributed by atoms with van der Waals surface area (Å²) in [6.07, 6.45) is 0. The standard InChI is InChI=1S/C10H9ClFN3O/c1-5(13)9-14-10(16-15-9)6-2-3-7(11)8(12)4-6/h2-5H,13H2,1H3. The first-order chi connectivity index (χ1) is 7.58. The van der Waals surface area contributed by atoms with Gasteiger partial charge in [-0.25, -0.2) is 4.39 Å². The van der Waals surface area contributed by atoms with E-state index >= 15 is 0 Å². The lowest BCUT2D eigenvalue weighted by Crippen LogP contribution is -2.06. The lowest BCUT2D eigenvalue weighted by atomic mass is 10.2. The van der Waals surface area contributed by atoms with Crippen LogP contribution in [0.2, 0.25) is 5.02 Å². The number of nitrogens with zero attached hydrogens (tertiary/aromatic N) is 2. The minimum absolute atomic E-state index is 0.0516. The van der Waals surface area contributed by atoms with Gasteiger partial charge >= 0.3 is 0 Å². The normalized spacial score (nSPS) is 12.8. The second kappa shape index (κ2) is 4.19. The van der Waals surface area contributed by atoms with E-state index in [2.05, 4.69) is 10.1 Å². The third-order valence-electron chi connectivity index (χ3n) is 2.02. The van der Waals surface area contributed by atoms with Crippen LogP contribution in [0, 0.1) is 5.82 Å². The fourth-order valence-corrected chi connectivity index (χ4v) is 1.28. The molecule has 16 heavy (non-hydrogen) atoms. The Bertz CT molecular complexity index is 513. The van der Waals surface area contributed by atoms with Gasteiger partial charge in [-0.1, -0.05) is 16.8 Å². The largest absolute Gasteiger partial charge is 0.334 e. The fraction of sp³-hybridized carbons (Fsp3) is 0.200. The molecule has 2 aromatic rings. The first-order valence-electron chi connectivity index (χ1n) is 4.62. The van der Waals surface area contributed by atoms with Gasteiger partial charge in [0.2, 0.25) is 0 Å². The molecule has 0 spiro atoms. The van der Waals surface area contributed by atoms with E-state index in [0.717, 1.165) is 0 Å². The van der Waals surface area contributed by atoms with Gasteiger partial charge in [-0.3, -0.25) is 0 Å². The van der Waals surface area contributed by atoms with Gasteiger partial charge in [0.15, 0.2) is 5.82 Å². The van der Waals surface area contributed by atoms with E-state index in [0.29, 0.717) is 11.4 Å². The summed E-state index contributed by atoms with van der Waals surface area (Å²) in [4.78, 5) is 4.04. The maximum atomic E-state index is 13.2. The molecule has 0 saturated heterocycles. The van der Waals surface area contributed by atoms with Crippen molar-refractivity contribution in [2.75, 3.05) is 0 Å². The number of nitrogens with two attached hydrogens (primary N) is 1. The quantitative estimate of drug-likeness (QED) is 0.878. The Balaban J connectivity index is 2.39. The Hall–Kier alpha value is -1.46. The zero-order valence-electron chi connectivity index (χ0n) is 8.45. The fourth-order valence-electron chi connectivity index (χ4n) is 1.17. The van der Waals surface area contributed by atoms with Gasteiger partial charge in [-0.2, -0.15) is 4.98 Å². The Morgan fingerprint density at radius 2 is 2.25 bits per heavy atom. The van der Waals surface area contributed by atoms with Crippen LogP contribution in [-0.4, -0.2) is 10.1 Å². The lowest BCUT2D eigenvalue weighted by molar-refractivity contribution is 0.418. The number of halogens is 2. The van der Waals surface area contributed by atoms with Crippen molar-refractivity contribution < 1.29 is 8.91 Å². The van der Waals surface area contributed by atoms with E-state index in [1.54, 1.807) is 13.0 Å². The average Bonchev–Trinajstić information content (AvgIpc) is 2.71. The second-order valence-corrected chi connectivity index (χ2v) is 3.78. The second-order valence-electron chi connectivity index (χ2n) is 3.38. The highest BCUT2D eigenvalue weighted by Gasteiger charge is 2.12. The molecule has 84 valence electrons. The number of aromatic nitrogens is 2. The molecule has 2 N–H and O–H groups in total. The zero-order chi connectivity index (χ0) is 11.7. The Morgan fingerprint density at radius 1 is 1.50 bits per heavy atom. The van der Waals surface area contributed by atoms with Gasteiger partial charge in [-0.05, 0) is 25.1 Å². The molecule has 0 aliphatic heterocycles. The van der Waals surface area contributed by atoms with Gasteiger partial charge in [0, 0.05) is 5.56 Å². The van der Waals surface area contributed by atoms with Gasteiger partial charge in [0.1, 0.15) is 5.82 Å². The first-order valence-corrected chi connectivity index (χ1v) is 5.00. The molecule has 0 saturated carbocycles. The van der Waals surface area contributed by atoms with E-state index < -0.39 is 5.82 Å². The van der Waals surface area contributed by atoms with E-state index in [9.17, 15) is 4.39 Å². The summed E-state index contributed by atoms with van der Waals surface area (Å²) < 4.78 is 18.1. The van der Waals surface area contributed by atoms with Crippen molar-refractivity contribution in [2.45, 2.75) is 13.0 Å². The van der Waals surface area contributed by atoms with Crippen LogP contribution in [0.25, 0.3) is 11.5 Å². The van der Waals surface area contributed by atoms with Crippen molar-refractivity contribution in [1.82, 2.24) is 10.1 Å². The number of hydrogen-bond acceptors (Lipinski definition) is 4. The van der Waals surface area contributed by atoms with E-state index in [1.165, 1.54) is 12.1 Å². The molecule has 0 aliphatic rings. The highest BCUT2D eigenvalue weighted by Crippen LogP contribution is 2.23. The van der Waals surface area contributed by atoms with E-state index in [-0.39, 0.29) is 17.0 Å². The predicted octanol–water partition coefficient (Wildman–Crippen LogP) is 2.55.